The van der Waals surface area contributed by atoms with E-state index in [2.05, 4.69) is 28.5 Å². The molecule has 1 aromatic carbocycles. The Hall–Kier alpha value is -2.11. The zero-order chi connectivity index (χ0) is 16.6. The number of fused-ring (bicyclic) bond motifs is 2. The summed E-state index contributed by atoms with van der Waals surface area (Å²) in [5.41, 5.74) is 2.92. The molecule has 24 heavy (non-hydrogen) atoms. The average Bonchev–Trinajstić information content (AvgIpc) is 2.94. The minimum absolute atomic E-state index is 0.125. The number of nitrogens with one attached hydrogen (secondary N) is 1. The number of anilines is 1. The molecule has 2 aliphatic rings. The van der Waals surface area contributed by atoms with Crippen LogP contribution in [0.3, 0.4) is 0 Å². The van der Waals surface area contributed by atoms with Gasteiger partial charge < -0.3 is 15.0 Å². The predicted octanol–water partition coefficient (Wildman–Crippen LogP) is 3.79. The molecule has 2 aromatic rings. The smallest absolute Gasteiger partial charge is 0.321 e. The number of piperidine rings is 1. The number of hydrogen-bond donors (Lipinski definition) is 1. The average molecular weight is 344 g/mol. The molecule has 0 saturated carbocycles. The number of pyridine rings is 1. The molecule has 1 aromatic heterocycles. The summed E-state index contributed by atoms with van der Waals surface area (Å²) in [5.74, 6) is 0. The van der Waals surface area contributed by atoms with E-state index in [1.165, 1.54) is 17.3 Å². The molecule has 2 aliphatic heterocycles. The topological polar surface area (TPSA) is 54.5 Å². The largest absolute Gasteiger partial charge is 0.365 e. The van der Waals surface area contributed by atoms with Gasteiger partial charge >= 0.3 is 6.03 Å². The lowest BCUT2D eigenvalue weighted by molar-refractivity contribution is -0.0722. The first-order valence-corrected chi connectivity index (χ1v) is 8.43. The summed E-state index contributed by atoms with van der Waals surface area (Å²) in [7, 11) is 0. The van der Waals surface area contributed by atoms with Gasteiger partial charge in [0.15, 0.2) is 0 Å². The summed E-state index contributed by atoms with van der Waals surface area (Å²) in [4.78, 5) is 18.2. The molecule has 2 amide bonds. The number of likely N-dealkylation sites (tertiary alicyclic amines) is 1. The van der Waals surface area contributed by atoms with E-state index in [-0.39, 0.29) is 11.6 Å². The molecular formula is C18H18ClN3O2. The van der Waals surface area contributed by atoms with Crippen LogP contribution in [0.4, 0.5) is 10.5 Å². The van der Waals surface area contributed by atoms with Crippen molar-refractivity contribution in [1.29, 1.82) is 0 Å². The van der Waals surface area contributed by atoms with E-state index in [1.54, 1.807) is 12.3 Å². The monoisotopic (exact) mass is 343 g/mol. The summed E-state index contributed by atoms with van der Waals surface area (Å²) in [6.45, 7) is 1.98. The Morgan fingerprint density at radius 1 is 1.25 bits per heavy atom. The van der Waals surface area contributed by atoms with Crippen molar-refractivity contribution in [2.45, 2.75) is 25.0 Å². The minimum atomic E-state index is -0.231. The highest BCUT2D eigenvalue weighted by Crippen LogP contribution is 2.43. The van der Waals surface area contributed by atoms with Crippen molar-refractivity contribution in [2.75, 3.05) is 18.4 Å². The molecule has 0 unspecified atom stereocenters. The number of carbonyl (C=O) groups is 1. The summed E-state index contributed by atoms with van der Waals surface area (Å²) in [6, 6.07) is 9.93. The van der Waals surface area contributed by atoms with Crippen molar-refractivity contribution in [3.8, 4) is 0 Å². The van der Waals surface area contributed by atoms with E-state index < -0.39 is 0 Å². The standard InChI is InChI=1S/C18H18ClN3O2/c19-14-9-15(11-20-10-14)21-17(23)22-7-5-18(6-8-22)16-4-2-1-3-13(16)12-24-18/h1-4,9-11H,5-8,12H2,(H,21,23). The molecule has 4 rings (SSSR count). The first kappa shape index (κ1) is 15.4. The molecule has 124 valence electrons. The minimum Gasteiger partial charge on any atom is -0.365 e. The fraction of sp³-hybridized carbons (Fsp3) is 0.333. The highest BCUT2D eigenvalue weighted by molar-refractivity contribution is 6.30. The van der Waals surface area contributed by atoms with Crippen LogP contribution < -0.4 is 5.32 Å². The van der Waals surface area contributed by atoms with Crippen LogP contribution in [0, 0.1) is 0 Å². The van der Waals surface area contributed by atoms with Crippen LogP contribution >= 0.6 is 11.6 Å². The number of rotatable bonds is 1. The van der Waals surface area contributed by atoms with E-state index in [0.717, 1.165) is 12.8 Å². The number of benzene rings is 1. The highest BCUT2D eigenvalue weighted by Gasteiger charge is 2.43. The third kappa shape index (κ3) is 2.74. The molecule has 6 heteroatoms. The first-order chi connectivity index (χ1) is 11.7. The van der Waals surface area contributed by atoms with Gasteiger partial charge in [-0.3, -0.25) is 4.98 Å². The fourth-order valence-corrected chi connectivity index (χ4v) is 3.73. The van der Waals surface area contributed by atoms with Crippen LogP contribution in [0.25, 0.3) is 0 Å². The Kier molecular flexibility index (Phi) is 3.90. The lowest BCUT2D eigenvalue weighted by Gasteiger charge is -2.39. The molecule has 5 nitrogen and oxygen atoms in total. The van der Waals surface area contributed by atoms with Gasteiger partial charge in [0.05, 0.1) is 29.1 Å². The maximum atomic E-state index is 12.4. The number of nitrogens with zero attached hydrogens (tertiary/aromatic N) is 2. The van der Waals surface area contributed by atoms with Gasteiger partial charge in [0.1, 0.15) is 0 Å². The van der Waals surface area contributed by atoms with Crippen molar-refractivity contribution >= 4 is 23.3 Å². The molecule has 0 radical (unpaired) electrons. The Labute approximate surface area is 145 Å². The molecular weight excluding hydrogens is 326 g/mol. The van der Waals surface area contributed by atoms with Gasteiger partial charge in [-0.15, -0.1) is 0 Å². The van der Waals surface area contributed by atoms with Crippen molar-refractivity contribution < 1.29 is 9.53 Å². The molecule has 1 N–H and O–H groups in total. The summed E-state index contributed by atoms with van der Waals surface area (Å²) < 4.78 is 6.13. The lowest BCUT2D eigenvalue weighted by Crippen LogP contribution is -2.46. The van der Waals surface area contributed by atoms with Gasteiger partial charge in [0.25, 0.3) is 0 Å². The zero-order valence-corrected chi connectivity index (χ0v) is 13.9. The summed E-state index contributed by atoms with van der Waals surface area (Å²) >= 11 is 5.90. The second kappa shape index (κ2) is 6.07. The third-order valence-electron chi connectivity index (χ3n) is 4.83. The Bertz CT molecular complexity index is 772. The molecule has 0 bridgehead atoms. The van der Waals surface area contributed by atoms with Crippen molar-refractivity contribution in [2.24, 2.45) is 0 Å². The fourth-order valence-electron chi connectivity index (χ4n) is 3.55. The number of aromatic nitrogens is 1. The number of amides is 2. The van der Waals surface area contributed by atoms with Crippen LogP contribution in [0.5, 0.6) is 0 Å². The molecule has 0 aliphatic carbocycles. The Balaban J connectivity index is 1.42. The van der Waals surface area contributed by atoms with E-state index in [0.29, 0.717) is 30.4 Å². The molecule has 3 heterocycles. The van der Waals surface area contributed by atoms with E-state index >= 15 is 0 Å². The highest BCUT2D eigenvalue weighted by atomic mass is 35.5. The van der Waals surface area contributed by atoms with E-state index in [9.17, 15) is 4.79 Å². The van der Waals surface area contributed by atoms with Gasteiger partial charge in [0, 0.05) is 19.3 Å². The van der Waals surface area contributed by atoms with E-state index in [1.807, 2.05) is 11.0 Å². The Morgan fingerprint density at radius 2 is 2.04 bits per heavy atom. The van der Waals surface area contributed by atoms with Gasteiger partial charge in [0.2, 0.25) is 0 Å². The van der Waals surface area contributed by atoms with Crippen molar-refractivity contribution in [3.05, 3.63) is 58.9 Å². The van der Waals surface area contributed by atoms with E-state index in [4.69, 9.17) is 16.3 Å². The van der Waals surface area contributed by atoms with Crippen molar-refractivity contribution in [1.82, 2.24) is 9.88 Å². The maximum absolute atomic E-state index is 12.4. The third-order valence-corrected chi connectivity index (χ3v) is 5.03. The molecule has 1 spiro atoms. The number of carbonyl (C=O) groups excluding carboxylic acids is 1. The SMILES string of the molecule is O=C(Nc1cncc(Cl)c1)N1CCC2(CC1)OCc1ccccc12. The number of halogens is 1. The lowest BCUT2D eigenvalue weighted by atomic mass is 9.84. The maximum Gasteiger partial charge on any atom is 0.321 e. The van der Waals surface area contributed by atoms with Gasteiger partial charge in [-0.2, -0.15) is 0 Å². The first-order valence-electron chi connectivity index (χ1n) is 8.05. The van der Waals surface area contributed by atoms with Crippen LogP contribution in [-0.2, 0) is 16.9 Å². The second-order valence-electron chi connectivity index (χ2n) is 6.25. The predicted molar refractivity (Wildman–Crippen MR) is 92.0 cm³/mol. The molecule has 1 fully saturated rings. The van der Waals surface area contributed by atoms with Crippen LogP contribution in [0.1, 0.15) is 24.0 Å². The second-order valence-corrected chi connectivity index (χ2v) is 6.69. The summed E-state index contributed by atoms with van der Waals surface area (Å²) in [5, 5.41) is 3.35. The van der Waals surface area contributed by atoms with Gasteiger partial charge in [-0.1, -0.05) is 35.9 Å². The number of urea groups is 1. The van der Waals surface area contributed by atoms with Crippen LogP contribution in [-0.4, -0.2) is 29.0 Å². The summed E-state index contributed by atoms with van der Waals surface area (Å²) in [6.07, 6.45) is 4.75. The van der Waals surface area contributed by atoms with Gasteiger partial charge in [-0.25, -0.2) is 4.79 Å². The van der Waals surface area contributed by atoms with Crippen LogP contribution in [0.2, 0.25) is 5.02 Å². The van der Waals surface area contributed by atoms with Crippen LogP contribution in [0.15, 0.2) is 42.7 Å². The number of hydrogen-bond acceptors (Lipinski definition) is 3. The van der Waals surface area contributed by atoms with Crippen molar-refractivity contribution in [3.63, 3.8) is 0 Å². The Morgan fingerprint density at radius 3 is 2.83 bits per heavy atom. The zero-order valence-electron chi connectivity index (χ0n) is 13.2. The quantitative estimate of drug-likeness (QED) is 0.857. The molecule has 0 atom stereocenters. The molecule has 1 saturated heterocycles. The normalized spacial score (nSPS) is 18.5. The van der Waals surface area contributed by atoms with Gasteiger partial charge in [-0.05, 0) is 30.0 Å². The number of ether oxygens (including phenoxy) is 1.